The number of nitrogens with zero attached hydrogens (tertiary/aromatic N) is 4. The molecule has 2 aliphatic rings. The Morgan fingerprint density at radius 3 is 0.828 bits per heavy atom. The SMILES string of the molecule is CC(C)(C)c1ccc(-n2c3ccccc3c3c4c5c(cc6c7ccccc7n(-c7ccc(C(C)(C)C)cc7)c6c5cc32)B2c3c-4cc(C(C)(C)C)cc3-c3c4c2cc2c5ccccc5n(-c5ccc(C(C)(C)C)cc5)c2c4cc2c3c3ccccc3n2-c2ccc(C(C)(C)C)cc2)cc1. The lowest BCUT2D eigenvalue weighted by Gasteiger charge is -2.37. The van der Waals surface area contributed by atoms with Gasteiger partial charge in [0.2, 0.25) is 6.71 Å². The van der Waals surface area contributed by atoms with Gasteiger partial charge >= 0.3 is 0 Å². The lowest BCUT2D eigenvalue weighted by Crippen LogP contribution is -2.57. The normalized spacial score (nSPS) is 13.6. The summed E-state index contributed by atoms with van der Waals surface area (Å²) in [5.74, 6) is 0. The number of benzene rings is 13. The fraction of sp³-hybridized carbons (Fsp3) is 0.213. The third-order valence-corrected chi connectivity index (χ3v) is 22.9. The Bertz CT molecular complexity index is 5980. The Labute approximate surface area is 580 Å². The van der Waals surface area contributed by atoms with Crippen LogP contribution in [0.1, 0.15) is 132 Å². The van der Waals surface area contributed by atoms with Crippen LogP contribution in [0.4, 0.5) is 0 Å². The molecule has 0 saturated carbocycles. The van der Waals surface area contributed by atoms with Gasteiger partial charge in [-0.2, -0.15) is 0 Å². The molecule has 4 nitrogen and oxygen atoms in total. The minimum atomic E-state index is -0.238. The van der Waals surface area contributed by atoms with Crippen molar-refractivity contribution < 1.29 is 0 Å². The fourth-order valence-electron chi connectivity index (χ4n) is 17.9. The number of hydrogen-bond acceptors (Lipinski definition) is 0. The summed E-state index contributed by atoms with van der Waals surface area (Å²) >= 11 is 0. The van der Waals surface area contributed by atoms with Crippen LogP contribution in [-0.2, 0) is 27.1 Å². The lowest BCUT2D eigenvalue weighted by atomic mass is 9.30. The van der Waals surface area contributed by atoms with Crippen LogP contribution in [0.5, 0.6) is 0 Å². The highest BCUT2D eigenvalue weighted by molar-refractivity contribution is 7.02. The van der Waals surface area contributed by atoms with Gasteiger partial charge < -0.3 is 18.3 Å². The van der Waals surface area contributed by atoms with E-state index in [1.165, 1.54) is 175 Å². The maximum atomic E-state index is 2.68. The first-order valence-electron chi connectivity index (χ1n) is 35.9. The maximum absolute atomic E-state index is 2.68. The zero-order valence-corrected chi connectivity index (χ0v) is 59.8. The highest BCUT2D eigenvalue weighted by atomic mass is 15.0. The molecule has 0 atom stereocenters. The van der Waals surface area contributed by atoms with E-state index in [1.807, 2.05) is 0 Å². The van der Waals surface area contributed by atoms with E-state index in [9.17, 15) is 0 Å². The van der Waals surface area contributed by atoms with Gasteiger partial charge in [0.1, 0.15) is 0 Å². The first kappa shape index (κ1) is 59.9. The van der Waals surface area contributed by atoms with Gasteiger partial charge in [0.05, 0.1) is 44.1 Å². The summed E-state index contributed by atoms with van der Waals surface area (Å²) in [7, 11) is 0. The Kier molecular flexibility index (Phi) is 12.2. The average molecular weight is 1280 g/mol. The third kappa shape index (κ3) is 8.46. The molecule has 0 bridgehead atoms. The second-order valence-corrected chi connectivity index (χ2v) is 34.1. The summed E-state index contributed by atoms with van der Waals surface area (Å²) < 4.78 is 10.4. The van der Waals surface area contributed by atoms with E-state index in [2.05, 4.69) is 353 Å². The molecule has 5 heteroatoms. The summed E-state index contributed by atoms with van der Waals surface area (Å²) in [6, 6.07) is 90.8. The summed E-state index contributed by atoms with van der Waals surface area (Å²) in [6.45, 7) is 35.0. The average Bonchev–Trinajstić information content (AvgIpc) is 1.63. The summed E-state index contributed by atoms with van der Waals surface area (Å²) in [4.78, 5) is 0. The van der Waals surface area contributed by atoms with E-state index < -0.39 is 0 Å². The fourth-order valence-corrected chi connectivity index (χ4v) is 17.9. The van der Waals surface area contributed by atoms with Crippen molar-refractivity contribution >= 4 is 132 Å². The van der Waals surface area contributed by atoms with Crippen molar-refractivity contribution in [2.75, 3.05) is 0 Å². The minimum Gasteiger partial charge on any atom is -0.309 e. The topological polar surface area (TPSA) is 19.7 Å². The first-order valence-corrected chi connectivity index (χ1v) is 35.9. The molecule has 0 fully saturated rings. The van der Waals surface area contributed by atoms with Crippen LogP contribution in [0.15, 0.2) is 231 Å². The van der Waals surface area contributed by atoms with Crippen LogP contribution in [0.2, 0.25) is 0 Å². The Balaban J connectivity index is 1.05. The van der Waals surface area contributed by atoms with E-state index in [4.69, 9.17) is 0 Å². The molecule has 0 saturated heterocycles. The molecule has 0 N–H and O–H groups in total. The highest BCUT2D eigenvalue weighted by Gasteiger charge is 2.44. The van der Waals surface area contributed by atoms with Gasteiger partial charge in [-0.25, -0.2) is 0 Å². The number of aromatic nitrogens is 4. The molecule has 13 aromatic carbocycles. The van der Waals surface area contributed by atoms with Gasteiger partial charge in [0, 0.05) is 76.6 Å². The van der Waals surface area contributed by atoms with Crippen molar-refractivity contribution in [1.82, 2.24) is 18.3 Å². The molecule has 19 rings (SSSR count). The van der Waals surface area contributed by atoms with Crippen LogP contribution < -0.4 is 16.4 Å². The Hall–Kier alpha value is -10.4. The summed E-state index contributed by atoms with van der Waals surface area (Å²) in [6.07, 6.45) is 0. The largest absolute Gasteiger partial charge is 0.309 e. The second kappa shape index (κ2) is 20.2. The van der Waals surface area contributed by atoms with Crippen LogP contribution in [0, 0.1) is 0 Å². The Morgan fingerprint density at radius 1 is 0.232 bits per heavy atom. The van der Waals surface area contributed by atoms with Crippen molar-refractivity contribution in [3.05, 3.63) is 258 Å². The quantitative estimate of drug-likeness (QED) is 0.157. The molecule has 0 unspecified atom stereocenters. The second-order valence-electron chi connectivity index (χ2n) is 34.1. The molecule has 99 heavy (non-hydrogen) atoms. The molecule has 0 aliphatic carbocycles. The summed E-state index contributed by atoms with van der Waals surface area (Å²) in [5, 5.41) is 15.3. The van der Waals surface area contributed by atoms with Crippen LogP contribution in [0.3, 0.4) is 0 Å². The molecule has 0 spiro atoms. The molecular formula is C94H83BN4. The van der Waals surface area contributed by atoms with E-state index >= 15 is 0 Å². The molecule has 0 amide bonds. The molecule has 482 valence electrons. The highest BCUT2D eigenvalue weighted by Crippen LogP contribution is 2.54. The Morgan fingerprint density at radius 2 is 0.515 bits per heavy atom. The molecule has 4 aromatic heterocycles. The smallest absolute Gasteiger partial charge is 0.244 e. The standard InChI is InChI=1S/C94H83BN4/c1-90(2,3)54-32-40-59(41-33-54)96-77-30-22-18-26-65(77)83-79(96)52-71-81-73(50-67-63-24-16-20-28-75(63)98(88(67)71)61-44-36-56(37-45-61)92(7,8)9)95-74-51-68-64-25-17-21-29-76(64)99(62-46-38-57(39-47-62)93(10,11)12)89(68)72-53-80-84(86(82(72)74)70-49-58(94(13,14)15)48-69(85(81)83)87(70)95)66-27-19-23-31-78(66)97(80)60-42-34-55(35-43-60)91(4,5)6/h16-53H,1-15H3. The van der Waals surface area contributed by atoms with Gasteiger partial charge in [-0.1, -0.05) is 266 Å². The zero-order chi connectivity index (χ0) is 68.0. The third-order valence-electron chi connectivity index (χ3n) is 22.9. The predicted octanol–water partition coefficient (Wildman–Crippen LogP) is 23.3. The summed E-state index contributed by atoms with van der Waals surface area (Å²) in [5.41, 5.74) is 30.1. The molecular weight excluding hydrogens is 1200 g/mol. The molecule has 0 radical (unpaired) electrons. The van der Waals surface area contributed by atoms with Gasteiger partial charge in [0.15, 0.2) is 0 Å². The van der Waals surface area contributed by atoms with E-state index in [-0.39, 0.29) is 33.8 Å². The van der Waals surface area contributed by atoms with Crippen molar-refractivity contribution in [3.8, 4) is 45.0 Å². The zero-order valence-electron chi connectivity index (χ0n) is 59.8. The van der Waals surface area contributed by atoms with E-state index in [1.54, 1.807) is 0 Å². The maximum Gasteiger partial charge on any atom is 0.244 e. The van der Waals surface area contributed by atoms with E-state index in [0.717, 1.165) is 22.7 Å². The number of para-hydroxylation sites is 4. The van der Waals surface area contributed by atoms with Crippen molar-refractivity contribution in [1.29, 1.82) is 0 Å². The minimum absolute atomic E-state index is 0.00369. The molecule has 2 aliphatic heterocycles. The van der Waals surface area contributed by atoms with Gasteiger partial charge in [-0.3, -0.25) is 0 Å². The van der Waals surface area contributed by atoms with Gasteiger partial charge in [0.25, 0.3) is 0 Å². The first-order chi connectivity index (χ1) is 47.3. The number of fused-ring (bicyclic) bond motifs is 20. The van der Waals surface area contributed by atoms with Gasteiger partial charge in [-0.05, 0) is 173 Å². The number of rotatable bonds is 4. The number of hydrogen-bond donors (Lipinski definition) is 0. The van der Waals surface area contributed by atoms with Crippen molar-refractivity contribution in [2.24, 2.45) is 0 Å². The monoisotopic (exact) mass is 1280 g/mol. The molecule has 17 aromatic rings. The van der Waals surface area contributed by atoms with E-state index in [0.29, 0.717) is 0 Å². The van der Waals surface area contributed by atoms with Crippen LogP contribution >= 0.6 is 0 Å². The lowest BCUT2D eigenvalue weighted by molar-refractivity contribution is 0.590. The molecule has 6 heterocycles. The predicted molar refractivity (Wildman–Crippen MR) is 428 cm³/mol. The van der Waals surface area contributed by atoms with Crippen molar-refractivity contribution in [2.45, 2.75) is 131 Å². The van der Waals surface area contributed by atoms with Gasteiger partial charge in [-0.15, -0.1) is 0 Å². The van der Waals surface area contributed by atoms with Crippen molar-refractivity contribution in [3.63, 3.8) is 0 Å². The van der Waals surface area contributed by atoms with Crippen LogP contribution in [0.25, 0.3) is 154 Å². The van der Waals surface area contributed by atoms with Crippen LogP contribution in [-0.4, -0.2) is 25.0 Å².